The number of hydrogen-bond donors (Lipinski definition) is 1. The van der Waals surface area contributed by atoms with Gasteiger partial charge in [0.1, 0.15) is 6.04 Å². The van der Waals surface area contributed by atoms with Crippen LogP contribution in [0.1, 0.15) is 78.8 Å². The number of carbonyl (C=O) groups excluding carboxylic acids is 2. The monoisotopic (exact) mass is 513 g/mol. The normalized spacial score (nSPS) is 31.9. The number of Topliss-reactive ketones (excluding diaryl/α,β-unsaturated/α-hetero) is 2. The lowest BCUT2D eigenvalue weighted by atomic mass is 9.48. The summed E-state index contributed by atoms with van der Waals surface area (Å²) in [4.78, 5) is 27.5. The maximum absolute atomic E-state index is 13.9. The van der Waals surface area contributed by atoms with Crippen LogP contribution in [0.2, 0.25) is 0 Å². The molecule has 0 radical (unpaired) electrons. The van der Waals surface area contributed by atoms with Crippen molar-refractivity contribution in [3.8, 4) is 0 Å². The Hall–Kier alpha value is -3.30. The Balaban J connectivity index is 1.33. The molecule has 0 aliphatic heterocycles. The molecule has 9 rings (SSSR count). The van der Waals surface area contributed by atoms with Gasteiger partial charge in [-0.15, -0.1) is 0 Å². The highest BCUT2D eigenvalue weighted by atomic mass is 16.2. The molecule has 6 aliphatic carbocycles. The minimum Gasteiger partial charge on any atom is -0.315 e. The fraction of sp³-hybridized carbons (Fsp3) is 0.389. The molecule has 0 amide bonds. The van der Waals surface area contributed by atoms with Crippen LogP contribution in [0, 0.1) is 33.6 Å². The fourth-order valence-corrected chi connectivity index (χ4v) is 9.61. The topological polar surface area (TPSA) is 60.2 Å². The van der Waals surface area contributed by atoms with Crippen LogP contribution in [0.15, 0.2) is 66.7 Å². The van der Waals surface area contributed by atoms with Gasteiger partial charge in [-0.05, 0) is 107 Å². The summed E-state index contributed by atoms with van der Waals surface area (Å²) in [6.45, 7) is 0. The minimum atomic E-state index is -1.11. The van der Waals surface area contributed by atoms with Gasteiger partial charge in [0, 0.05) is 17.1 Å². The van der Waals surface area contributed by atoms with Gasteiger partial charge in [-0.3, -0.25) is 9.59 Å². The first-order chi connectivity index (χ1) is 19.0. The summed E-state index contributed by atoms with van der Waals surface area (Å²) in [5, 5.41) is 4.23. The molecule has 4 bridgehead atoms. The molecule has 196 valence electrons. The zero-order valence-electron chi connectivity index (χ0n) is 22.4. The Morgan fingerprint density at radius 3 is 2.08 bits per heavy atom. The molecule has 0 saturated heterocycles. The Morgan fingerprint density at radius 2 is 1.36 bits per heavy atom. The largest absolute Gasteiger partial charge is 0.315 e. The highest BCUT2D eigenvalue weighted by molar-refractivity contribution is 6.32. The van der Waals surface area contributed by atoms with Crippen molar-refractivity contribution in [1.29, 1.82) is 0 Å². The lowest BCUT2D eigenvalue weighted by molar-refractivity contribution is -0.114. The van der Waals surface area contributed by atoms with Gasteiger partial charge in [0.2, 0.25) is 0 Å². The van der Waals surface area contributed by atoms with Gasteiger partial charge in [0.05, 0.1) is 0 Å². The number of benzene rings is 3. The van der Waals surface area contributed by atoms with Crippen LogP contribution >= 0.6 is 0 Å². The summed E-state index contributed by atoms with van der Waals surface area (Å²) in [6, 6.07) is 21.9. The predicted octanol–water partition coefficient (Wildman–Crippen LogP) is 5.14. The fourth-order valence-electron chi connectivity index (χ4n) is 9.61. The quantitative estimate of drug-likeness (QED) is 0.492. The molecule has 4 saturated carbocycles. The number of nitrogens with two attached hydrogens (primary N) is 1. The third-order valence-electron chi connectivity index (χ3n) is 10.8. The van der Waals surface area contributed by atoms with E-state index in [1.807, 2.05) is 6.07 Å². The first-order valence-corrected chi connectivity index (χ1v) is 14.9. The van der Waals surface area contributed by atoms with Crippen molar-refractivity contribution in [2.75, 3.05) is 0 Å². The Bertz CT molecular complexity index is 1720. The molecule has 3 heteroatoms. The maximum atomic E-state index is 13.9. The molecular formula is C36H35NO2. The van der Waals surface area contributed by atoms with E-state index in [2.05, 4.69) is 66.7 Å². The smallest absolute Gasteiger partial charge is 0.188 e. The maximum Gasteiger partial charge on any atom is 0.188 e. The van der Waals surface area contributed by atoms with Crippen LogP contribution < -0.4 is 16.2 Å². The van der Waals surface area contributed by atoms with E-state index in [0.29, 0.717) is 11.0 Å². The number of ketones is 2. The lowest BCUT2D eigenvalue weighted by Gasteiger charge is -2.57. The summed E-state index contributed by atoms with van der Waals surface area (Å²) >= 11 is 0. The van der Waals surface area contributed by atoms with Gasteiger partial charge < -0.3 is 5.73 Å². The molecule has 0 heterocycles. The van der Waals surface area contributed by atoms with Crippen LogP contribution in [0.3, 0.4) is 0 Å². The number of rotatable bonds is 4. The summed E-state index contributed by atoms with van der Waals surface area (Å²) < 4.78 is 0. The minimum absolute atomic E-state index is 0.0696. The average molecular weight is 514 g/mol. The number of hydrogen-bond acceptors (Lipinski definition) is 3. The second-order valence-electron chi connectivity index (χ2n) is 13.2. The molecule has 39 heavy (non-hydrogen) atoms. The third-order valence-corrected chi connectivity index (χ3v) is 10.8. The van der Waals surface area contributed by atoms with E-state index in [9.17, 15) is 9.59 Å². The Morgan fingerprint density at radius 1 is 0.718 bits per heavy atom. The molecule has 0 spiro atoms. The van der Waals surface area contributed by atoms with Gasteiger partial charge in [0.15, 0.2) is 11.6 Å². The van der Waals surface area contributed by atoms with Crippen molar-refractivity contribution in [1.82, 2.24) is 0 Å². The molecule has 0 aromatic heterocycles. The zero-order chi connectivity index (χ0) is 26.3. The van der Waals surface area contributed by atoms with Crippen LogP contribution in [0.5, 0.6) is 0 Å². The van der Waals surface area contributed by atoms with E-state index in [-0.39, 0.29) is 17.5 Å². The predicted molar refractivity (Wildman–Crippen MR) is 153 cm³/mol. The molecule has 2 atom stereocenters. The molecule has 3 nitrogen and oxygen atoms in total. The van der Waals surface area contributed by atoms with Gasteiger partial charge in [-0.25, -0.2) is 0 Å². The Labute approximate surface area is 229 Å². The van der Waals surface area contributed by atoms with E-state index < -0.39 is 6.04 Å². The summed E-state index contributed by atoms with van der Waals surface area (Å²) in [7, 11) is 0. The Kier molecular flexibility index (Phi) is 5.20. The molecule has 2 unspecified atom stereocenters. The van der Waals surface area contributed by atoms with Crippen molar-refractivity contribution < 1.29 is 9.59 Å². The zero-order valence-corrected chi connectivity index (χ0v) is 22.4. The summed E-state index contributed by atoms with van der Waals surface area (Å²) in [5.41, 5.74) is 10.5. The molecule has 3 aromatic rings. The second-order valence-corrected chi connectivity index (χ2v) is 13.2. The van der Waals surface area contributed by atoms with E-state index in [1.54, 1.807) is 0 Å². The summed E-state index contributed by atoms with van der Waals surface area (Å²) in [5.74, 6) is 2.20. The van der Waals surface area contributed by atoms with Crippen molar-refractivity contribution in [2.24, 2.45) is 28.9 Å². The van der Waals surface area contributed by atoms with E-state index in [0.717, 1.165) is 63.0 Å². The van der Waals surface area contributed by atoms with Crippen LogP contribution in [0.4, 0.5) is 0 Å². The van der Waals surface area contributed by atoms with E-state index >= 15 is 0 Å². The van der Waals surface area contributed by atoms with Crippen LogP contribution in [-0.4, -0.2) is 17.6 Å². The number of carbonyl (C=O) groups is 2. The van der Waals surface area contributed by atoms with Gasteiger partial charge in [-0.2, -0.15) is 0 Å². The standard InChI is InChI=1S/C36H35NO2/c37-33-34(38)29(12-13-36-18-21-14-22(19-36)16-23(15-21)20-36)28-11-10-27-26-9-5-4-8-25(26)17-30(24-6-2-1-3-7-24)31(27)32(28)35(33)39/h1-11,17,21-23,30,33H,12-16,18-20,37H2. The molecular weight excluding hydrogens is 478 g/mol. The van der Waals surface area contributed by atoms with E-state index in [4.69, 9.17) is 5.73 Å². The third kappa shape index (κ3) is 3.59. The van der Waals surface area contributed by atoms with Gasteiger partial charge in [-0.1, -0.05) is 72.8 Å². The first-order valence-electron chi connectivity index (χ1n) is 14.9. The van der Waals surface area contributed by atoms with Gasteiger partial charge in [0.25, 0.3) is 0 Å². The summed E-state index contributed by atoms with van der Waals surface area (Å²) in [6.07, 6.45) is 12.3. The highest BCUT2D eigenvalue weighted by Crippen LogP contribution is 2.61. The van der Waals surface area contributed by atoms with Crippen LogP contribution in [-0.2, 0) is 4.79 Å². The van der Waals surface area contributed by atoms with Gasteiger partial charge >= 0.3 is 0 Å². The van der Waals surface area contributed by atoms with Crippen molar-refractivity contribution in [3.05, 3.63) is 104 Å². The molecule has 2 N–H and O–H groups in total. The van der Waals surface area contributed by atoms with Crippen LogP contribution in [0.25, 0.3) is 11.6 Å². The molecule has 6 aliphatic rings. The molecule has 4 fully saturated rings. The average Bonchev–Trinajstić information content (AvgIpc) is 2.94. The highest BCUT2D eigenvalue weighted by Gasteiger charge is 2.50. The SMILES string of the molecule is NC1C(=O)C(CCC23CC4CC(CC(C4)C2)C3)=c2ccc3c(c2C1=O)C(c1ccccc1)C=c1ccccc1=3. The van der Waals surface area contributed by atoms with E-state index in [1.165, 1.54) is 43.7 Å². The second kappa shape index (κ2) is 8.60. The first kappa shape index (κ1) is 23.6. The van der Waals surface area contributed by atoms with Crippen molar-refractivity contribution >= 4 is 23.2 Å². The molecule has 3 aromatic carbocycles. The van der Waals surface area contributed by atoms with Crippen molar-refractivity contribution in [2.45, 2.75) is 63.3 Å². The lowest BCUT2D eigenvalue weighted by Crippen LogP contribution is -2.49. The van der Waals surface area contributed by atoms with Crippen molar-refractivity contribution in [3.63, 3.8) is 0 Å². The number of fused-ring (bicyclic) bond motifs is 4.